The van der Waals surface area contributed by atoms with Gasteiger partial charge in [0.15, 0.2) is 5.82 Å². The van der Waals surface area contributed by atoms with E-state index in [1.165, 1.54) is 0 Å². The minimum atomic E-state index is -0.404. The van der Waals surface area contributed by atoms with Crippen LogP contribution in [0.15, 0.2) is 35.1 Å². The van der Waals surface area contributed by atoms with Crippen LogP contribution in [0, 0.1) is 0 Å². The summed E-state index contributed by atoms with van der Waals surface area (Å²) < 4.78 is 7.38. The maximum Gasteiger partial charge on any atom is 0.246 e. The van der Waals surface area contributed by atoms with Gasteiger partial charge in [0.1, 0.15) is 6.54 Å². The van der Waals surface area contributed by atoms with E-state index in [9.17, 15) is 0 Å². The number of hydrogen-bond donors (Lipinski definition) is 1. The summed E-state index contributed by atoms with van der Waals surface area (Å²) in [5, 5.41) is 4.09. The van der Waals surface area contributed by atoms with E-state index in [1.807, 2.05) is 28.8 Å². The molecule has 0 radical (unpaired) electrons. The summed E-state index contributed by atoms with van der Waals surface area (Å²) >= 11 is 0. The Bertz CT molecular complexity index is 775. The van der Waals surface area contributed by atoms with Crippen molar-refractivity contribution in [1.29, 1.82) is 0 Å². The molecule has 2 heterocycles. The van der Waals surface area contributed by atoms with Gasteiger partial charge in [-0.05, 0) is 25.0 Å². The van der Waals surface area contributed by atoms with Crippen LogP contribution in [0.4, 0.5) is 0 Å². The number of para-hydroxylation sites is 2. The van der Waals surface area contributed by atoms with E-state index in [0.29, 0.717) is 18.3 Å². The minimum Gasteiger partial charge on any atom is -0.337 e. The summed E-state index contributed by atoms with van der Waals surface area (Å²) in [6, 6.07) is 7.98. The molecule has 0 unspecified atom stereocenters. The predicted octanol–water partition coefficient (Wildman–Crippen LogP) is 2.62. The van der Waals surface area contributed by atoms with Gasteiger partial charge in [0.2, 0.25) is 5.89 Å². The van der Waals surface area contributed by atoms with Crippen molar-refractivity contribution < 1.29 is 4.52 Å². The normalized spacial score (nSPS) is 16.8. The predicted molar refractivity (Wildman–Crippen MR) is 84.7 cm³/mol. The van der Waals surface area contributed by atoms with Crippen LogP contribution >= 0.6 is 12.4 Å². The molecular weight excluding hydrogens is 302 g/mol. The standard InChI is InChI=1S/C15H17N5O.ClH/c16-15(7-3-4-8-15)14-18-13(21-19-14)9-20-10-17-11-5-1-2-6-12(11)20;/h1-2,5-6,10H,3-4,7-9,16H2;1H. The maximum atomic E-state index is 6.35. The van der Waals surface area contributed by atoms with Gasteiger partial charge < -0.3 is 14.8 Å². The fourth-order valence-electron chi connectivity index (χ4n) is 3.03. The van der Waals surface area contributed by atoms with Crippen molar-refractivity contribution in [2.24, 2.45) is 5.73 Å². The van der Waals surface area contributed by atoms with Crippen LogP contribution < -0.4 is 5.73 Å². The third-order valence-corrected chi connectivity index (χ3v) is 4.24. The van der Waals surface area contributed by atoms with Gasteiger partial charge in [0.05, 0.1) is 22.9 Å². The molecule has 2 aromatic heterocycles. The van der Waals surface area contributed by atoms with E-state index in [0.717, 1.165) is 36.7 Å². The molecule has 0 atom stereocenters. The van der Waals surface area contributed by atoms with E-state index in [4.69, 9.17) is 10.3 Å². The lowest BCUT2D eigenvalue weighted by Gasteiger charge is -2.17. The summed E-state index contributed by atoms with van der Waals surface area (Å²) in [4.78, 5) is 8.86. The average Bonchev–Trinajstić information content (AvgIpc) is 3.21. The lowest BCUT2D eigenvalue weighted by atomic mass is 9.99. The van der Waals surface area contributed by atoms with Gasteiger partial charge in [0.25, 0.3) is 0 Å². The number of nitrogens with zero attached hydrogens (tertiary/aromatic N) is 4. The number of imidazole rings is 1. The van der Waals surface area contributed by atoms with Crippen molar-refractivity contribution in [3.05, 3.63) is 42.3 Å². The van der Waals surface area contributed by atoms with E-state index in [2.05, 4.69) is 15.1 Å². The van der Waals surface area contributed by atoms with Crippen LogP contribution in [0.25, 0.3) is 11.0 Å². The van der Waals surface area contributed by atoms with Gasteiger partial charge in [-0.1, -0.05) is 30.1 Å². The van der Waals surface area contributed by atoms with Crippen molar-refractivity contribution in [3.8, 4) is 0 Å². The second-order valence-electron chi connectivity index (χ2n) is 5.74. The van der Waals surface area contributed by atoms with Crippen molar-refractivity contribution >= 4 is 23.4 Å². The largest absolute Gasteiger partial charge is 0.337 e. The summed E-state index contributed by atoms with van der Waals surface area (Å²) in [6.45, 7) is 0.517. The van der Waals surface area contributed by atoms with Crippen molar-refractivity contribution in [3.63, 3.8) is 0 Å². The number of nitrogens with two attached hydrogens (primary N) is 1. The first-order valence-corrected chi connectivity index (χ1v) is 7.26. The molecule has 2 N–H and O–H groups in total. The highest BCUT2D eigenvalue weighted by atomic mass is 35.5. The van der Waals surface area contributed by atoms with Crippen molar-refractivity contribution in [2.45, 2.75) is 37.8 Å². The van der Waals surface area contributed by atoms with Crippen molar-refractivity contribution in [1.82, 2.24) is 19.7 Å². The summed E-state index contributed by atoms with van der Waals surface area (Å²) in [5.74, 6) is 1.21. The molecule has 1 saturated carbocycles. The zero-order valence-electron chi connectivity index (χ0n) is 12.1. The topological polar surface area (TPSA) is 82.8 Å². The molecule has 0 bridgehead atoms. The van der Waals surface area contributed by atoms with Gasteiger partial charge in [0, 0.05) is 0 Å². The minimum absolute atomic E-state index is 0. The molecule has 1 aliphatic rings. The Morgan fingerprint density at radius 1 is 1.23 bits per heavy atom. The quantitative estimate of drug-likeness (QED) is 0.802. The van der Waals surface area contributed by atoms with E-state index < -0.39 is 5.54 Å². The first-order chi connectivity index (χ1) is 10.2. The Labute approximate surface area is 134 Å². The Morgan fingerprint density at radius 2 is 2.00 bits per heavy atom. The number of fused-ring (bicyclic) bond motifs is 1. The molecule has 0 spiro atoms. The molecule has 1 aromatic carbocycles. The van der Waals surface area contributed by atoms with E-state index in [-0.39, 0.29) is 12.4 Å². The fraction of sp³-hybridized carbons (Fsp3) is 0.400. The lowest BCUT2D eigenvalue weighted by molar-refractivity contribution is 0.345. The maximum absolute atomic E-state index is 6.35. The van der Waals surface area contributed by atoms with Gasteiger partial charge >= 0.3 is 0 Å². The lowest BCUT2D eigenvalue weighted by Crippen LogP contribution is -2.34. The second-order valence-corrected chi connectivity index (χ2v) is 5.74. The molecule has 3 aromatic rings. The van der Waals surface area contributed by atoms with Gasteiger partial charge in [-0.15, -0.1) is 12.4 Å². The van der Waals surface area contributed by atoms with Crippen LogP contribution in [0.1, 0.15) is 37.4 Å². The Balaban J connectivity index is 0.00000144. The number of rotatable bonds is 3. The molecule has 22 heavy (non-hydrogen) atoms. The Morgan fingerprint density at radius 3 is 2.82 bits per heavy atom. The van der Waals surface area contributed by atoms with Gasteiger partial charge in [-0.3, -0.25) is 0 Å². The highest BCUT2D eigenvalue weighted by Crippen LogP contribution is 2.34. The summed E-state index contributed by atoms with van der Waals surface area (Å²) in [7, 11) is 0. The highest BCUT2D eigenvalue weighted by Gasteiger charge is 2.35. The van der Waals surface area contributed by atoms with Crippen LogP contribution in [-0.4, -0.2) is 19.7 Å². The molecule has 0 amide bonds. The molecule has 7 heteroatoms. The molecule has 6 nitrogen and oxygen atoms in total. The molecule has 116 valence electrons. The summed E-state index contributed by atoms with van der Waals surface area (Å²) in [5.41, 5.74) is 7.97. The SMILES string of the molecule is Cl.NC1(c2noc(Cn3cnc4ccccc43)n2)CCCC1. The third-order valence-electron chi connectivity index (χ3n) is 4.24. The molecule has 0 aliphatic heterocycles. The van der Waals surface area contributed by atoms with E-state index in [1.54, 1.807) is 6.33 Å². The number of hydrogen-bond acceptors (Lipinski definition) is 5. The monoisotopic (exact) mass is 319 g/mol. The Kier molecular flexibility index (Phi) is 3.88. The second kappa shape index (κ2) is 5.70. The molecular formula is C15H18ClN5O. The zero-order chi connectivity index (χ0) is 14.3. The smallest absolute Gasteiger partial charge is 0.246 e. The van der Waals surface area contributed by atoms with Gasteiger partial charge in [-0.25, -0.2) is 4.98 Å². The highest BCUT2D eigenvalue weighted by molar-refractivity contribution is 5.85. The summed E-state index contributed by atoms with van der Waals surface area (Å²) in [6.07, 6.45) is 5.92. The fourth-order valence-corrected chi connectivity index (χ4v) is 3.03. The number of aromatic nitrogens is 4. The zero-order valence-corrected chi connectivity index (χ0v) is 12.9. The van der Waals surface area contributed by atoms with Crippen LogP contribution in [0.2, 0.25) is 0 Å². The average molecular weight is 320 g/mol. The molecule has 1 fully saturated rings. The molecule has 0 saturated heterocycles. The molecule has 1 aliphatic carbocycles. The van der Waals surface area contributed by atoms with Gasteiger partial charge in [-0.2, -0.15) is 4.98 Å². The first-order valence-electron chi connectivity index (χ1n) is 7.26. The number of benzene rings is 1. The first kappa shape index (κ1) is 15.0. The number of halogens is 1. The Hall–Kier alpha value is -1.92. The van der Waals surface area contributed by atoms with Crippen LogP contribution in [0.5, 0.6) is 0 Å². The third kappa shape index (κ3) is 2.48. The van der Waals surface area contributed by atoms with Crippen molar-refractivity contribution in [2.75, 3.05) is 0 Å². The van der Waals surface area contributed by atoms with Crippen LogP contribution in [0.3, 0.4) is 0 Å². The molecule has 4 rings (SSSR count). The van der Waals surface area contributed by atoms with E-state index >= 15 is 0 Å². The van der Waals surface area contributed by atoms with Crippen LogP contribution in [-0.2, 0) is 12.1 Å².